The monoisotopic (exact) mass is 397 g/mol. The number of ether oxygens (including phenoxy) is 1. The van der Waals surface area contributed by atoms with Gasteiger partial charge in [-0.05, 0) is 81.1 Å². The lowest BCUT2D eigenvalue weighted by Gasteiger charge is -2.18. The first-order chi connectivity index (χ1) is 9.51. The highest BCUT2D eigenvalue weighted by atomic mass is 79.9. The third-order valence-electron chi connectivity index (χ3n) is 3.17. The van der Waals surface area contributed by atoms with E-state index in [1.807, 2.05) is 6.07 Å². The Morgan fingerprint density at radius 1 is 1.05 bits per heavy atom. The van der Waals surface area contributed by atoms with E-state index in [1.165, 1.54) is 11.1 Å². The molecule has 1 atom stereocenters. The largest absolute Gasteiger partial charge is 0.496 e. The Morgan fingerprint density at radius 2 is 1.80 bits per heavy atom. The molecule has 0 bridgehead atoms. The molecule has 1 unspecified atom stereocenters. The van der Waals surface area contributed by atoms with Crippen LogP contribution in [0.15, 0.2) is 45.3 Å². The van der Waals surface area contributed by atoms with Crippen LogP contribution in [0.4, 0.5) is 5.69 Å². The summed E-state index contributed by atoms with van der Waals surface area (Å²) in [7, 11) is 1.67. The summed E-state index contributed by atoms with van der Waals surface area (Å²) in [6.45, 7) is 4.22. The summed E-state index contributed by atoms with van der Waals surface area (Å²) >= 11 is 7.12. The van der Waals surface area contributed by atoms with Gasteiger partial charge in [0.1, 0.15) is 5.75 Å². The molecule has 1 N–H and O–H groups in total. The molecule has 0 saturated carbocycles. The Morgan fingerprint density at radius 3 is 2.40 bits per heavy atom. The average Bonchev–Trinajstić information content (AvgIpc) is 2.41. The molecule has 106 valence electrons. The van der Waals surface area contributed by atoms with Gasteiger partial charge >= 0.3 is 0 Å². The maximum atomic E-state index is 5.26. The third-order valence-corrected chi connectivity index (χ3v) is 4.45. The van der Waals surface area contributed by atoms with Gasteiger partial charge in [-0.2, -0.15) is 0 Å². The number of anilines is 1. The van der Waals surface area contributed by atoms with Gasteiger partial charge in [0.25, 0.3) is 0 Å². The van der Waals surface area contributed by atoms with Crippen molar-refractivity contribution in [1.29, 1.82) is 0 Å². The molecule has 0 radical (unpaired) electrons. The van der Waals surface area contributed by atoms with Gasteiger partial charge in [-0.25, -0.2) is 0 Å². The number of hydrogen-bond donors (Lipinski definition) is 1. The van der Waals surface area contributed by atoms with Crippen molar-refractivity contribution in [1.82, 2.24) is 0 Å². The van der Waals surface area contributed by atoms with Crippen molar-refractivity contribution in [2.45, 2.75) is 19.9 Å². The van der Waals surface area contributed by atoms with Crippen LogP contribution in [-0.2, 0) is 0 Å². The van der Waals surface area contributed by atoms with E-state index in [-0.39, 0.29) is 6.04 Å². The van der Waals surface area contributed by atoms with Crippen LogP contribution in [0, 0.1) is 6.92 Å². The number of nitrogens with one attached hydrogen (secondary N) is 1. The number of aryl methyl sites for hydroxylation is 1. The molecule has 0 aliphatic carbocycles. The van der Waals surface area contributed by atoms with Crippen molar-refractivity contribution >= 4 is 37.5 Å². The Balaban J connectivity index is 2.19. The van der Waals surface area contributed by atoms with Gasteiger partial charge in [-0.15, -0.1) is 0 Å². The van der Waals surface area contributed by atoms with Crippen LogP contribution in [0.25, 0.3) is 0 Å². The van der Waals surface area contributed by atoms with Gasteiger partial charge in [0.05, 0.1) is 11.6 Å². The van der Waals surface area contributed by atoms with Gasteiger partial charge < -0.3 is 10.1 Å². The van der Waals surface area contributed by atoms with Crippen LogP contribution >= 0.6 is 31.9 Å². The summed E-state index contributed by atoms with van der Waals surface area (Å²) in [6, 6.07) is 12.6. The van der Waals surface area contributed by atoms with Crippen molar-refractivity contribution in [2.24, 2.45) is 0 Å². The molecule has 0 saturated heterocycles. The molecule has 0 aliphatic rings. The van der Waals surface area contributed by atoms with E-state index in [0.29, 0.717) is 0 Å². The zero-order valence-electron chi connectivity index (χ0n) is 11.7. The molecular weight excluding hydrogens is 382 g/mol. The van der Waals surface area contributed by atoms with Crippen molar-refractivity contribution in [3.63, 3.8) is 0 Å². The summed E-state index contributed by atoms with van der Waals surface area (Å²) < 4.78 is 7.30. The fraction of sp³-hybridized carbons (Fsp3) is 0.250. The summed E-state index contributed by atoms with van der Waals surface area (Å²) in [5, 5.41) is 3.51. The normalized spacial score (nSPS) is 12.1. The van der Waals surface area contributed by atoms with Crippen LogP contribution < -0.4 is 10.1 Å². The highest BCUT2D eigenvalue weighted by Crippen LogP contribution is 2.31. The summed E-state index contributed by atoms with van der Waals surface area (Å²) in [5.74, 6) is 0.845. The molecule has 0 amide bonds. The van der Waals surface area contributed by atoms with Gasteiger partial charge in [0.2, 0.25) is 0 Å². The molecule has 0 fully saturated rings. The Hall–Kier alpha value is -1.000. The minimum Gasteiger partial charge on any atom is -0.496 e. The van der Waals surface area contributed by atoms with Crippen LogP contribution in [0.3, 0.4) is 0 Å². The van der Waals surface area contributed by atoms with Gasteiger partial charge in [-0.1, -0.05) is 12.1 Å². The van der Waals surface area contributed by atoms with E-state index in [1.54, 1.807) is 7.11 Å². The highest BCUT2D eigenvalue weighted by molar-refractivity contribution is 9.11. The Kier molecular flexibility index (Phi) is 5.11. The van der Waals surface area contributed by atoms with Crippen molar-refractivity contribution in [2.75, 3.05) is 12.4 Å². The van der Waals surface area contributed by atoms with Crippen molar-refractivity contribution in [3.05, 3.63) is 56.5 Å². The first-order valence-electron chi connectivity index (χ1n) is 6.37. The summed E-state index contributed by atoms with van der Waals surface area (Å²) in [4.78, 5) is 0. The summed E-state index contributed by atoms with van der Waals surface area (Å²) in [6.07, 6.45) is 0. The lowest BCUT2D eigenvalue weighted by atomic mass is 10.1. The predicted molar refractivity (Wildman–Crippen MR) is 91.6 cm³/mol. The van der Waals surface area contributed by atoms with E-state index >= 15 is 0 Å². The Labute approximate surface area is 136 Å². The smallest absolute Gasteiger partial charge is 0.133 e. The van der Waals surface area contributed by atoms with E-state index in [9.17, 15) is 0 Å². The standard InChI is InChI=1S/C16H17Br2NO/c1-10-4-6-15(13(17)8-10)19-11(2)12-5-7-16(20-3)14(18)9-12/h4-9,11,19H,1-3H3. The zero-order valence-corrected chi connectivity index (χ0v) is 14.9. The van der Waals surface area contributed by atoms with E-state index in [4.69, 9.17) is 4.74 Å². The van der Waals surface area contributed by atoms with Crippen LogP contribution in [0.5, 0.6) is 5.75 Å². The fourth-order valence-electron chi connectivity index (χ4n) is 2.01. The molecule has 0 heterocycles. The third kappa shape index (κ3) is 3.55. The molecule has 4 heteroatoms. The zero-order chi connectivity index (χ0) is 14.7. The molecule has 2 rings (SSSR count). The minimum absolute atomic E-state index is 0.205. The molecular formula is C16H17Br2NO. The molecule has 0 aromatic heterocycles. The van der Waals surface area contributed by atoms with Crippen molar-refractivity contribution < 1.29 is 4.74 Å². The first-order valence-corrected chi connectivity index (χ1v) is 7.96. The maximum Gasteiger partial charge on any atom is 0.133 e. The number of halogens is 2. The lowest BCUT2D eigenvalue weighted by molar-refractivity contribution is 0.412. The van der Waals surface area contributed by atoms with Gasteiger partial charge in [-0.3, -0.25) is 0 Å². The van der Waals surface area contributed by atoms with Crippen LogP contribution in [0.1, 0.15) is 24.1 Å². The maximum absolute atomic E-state index is 5.26. The number of hydrogen-bond acceptors (Lipinski definition) is 2. The quantitative estimate of drug-likeness (QED) is 0.712. The van der Waals surface area contributed by atoms with Gasteiger partial charge in [0, 0.05) is 16.2 Å². The molecule has 20 heavy (non-hydrogen) atoms. The lowest BCUT2D eigenvalue weighted by Crippen LogP contribution is -2.07. The average molecular weight is 399 g/mol. The molecule has 2 aromatic rings. The molecule has 2 nitrogen and oxygen atoms in total. The second-order valence-electron chi connectivity index (χ2n) is 4.74. The number of methoxy groups -OCH3 is 1. The van der Waals surface area contributed by atoms with Gasteiger partial charge in [0.15, 0.2) is 0 Å². The minimum atomic E-state index is 0.205. The first kappa shape index (κ1) is 15.4. The second kappa shape index (κ2) is 6.64. The van der Waals surface area contributed by atoms with E-state index < -0.39 is 0 Å². The highest BCUT2D eigenvalue weighted by Gasteiger charge is 2.10. The van der Waals surface area contributed by atoms with Crippen LogP contribution in [-0.4, -0.2) is 7.11 Å². The SMILES string of the molecule is COc1ccc(C(C)Nc2ccc(C)cc2Br)cc1Br. The fourth-order valence-corrected chi connectivity index (χ4v) is 3.17. The van der Waals surface area contributed by atoms with Crippen LogP contribution in [0.2, 0.25) is 0 Å². The predicted octanol–water partition coefficient (Wildman–Crippen LogP) is 5.70. The number of benzene rings is 2. The second-order valence-corrected chi connectivity index (χ2v) is 6.45. The topological polar surface area (TPSA) is 21.3 Å². The van der Waals surface area contributed by atoms with Crippen molar-refractivity contribution in [3.8, 4) is 5.75 Å². The summed E-state index contributed by atoms with van der Waals surface area (Å²) in [5.41, 5.74) is 3.53. The van der Waals surface area contributed by atoms with E-state index in [2.05, 4.69) is 81.4 Å². The Bertz CT molecular complexity index is 613. The van der Waals surface area contributed by atoms with E-state index in [0.717, 1.165) is 20.4 Å². The molecule has 0 aliphatic heterocycles. The molecule has 0 spiro atoms. The number of rotatable bonds is 4. The molecule has 2 aromatic carbocycles.